The van der Waals surface area contributed by atoms with Crippen LogP contribution < -0.4 is 10.9 Å². The van der Waals surface area contributed by atoms with Gasteiger partial charge in [0.25, 0.3) is 5.56 Å². The maximum Gasteiger partial charge on any atom is 0.252 e. The van der Waals surface area contributed by atoms with Crippen LogP contribution in [0, 0.1) is 0 Å². The van der Waals surface area contributed by atoms with Gasteiger partial charge in [0.05, 0.1) is 5.60 Å². The number of carbonyl (C=O) groups excluding carboxylic acids is 1. The highest BCUT2D eigenvalue weighted by Crippen LogP contribution is 2.24. The van der Waals surface area contributed by atoms with Gasteiger partial charge in [0, 0.05) is 44.4 Å². The number of hydrogen-bond donors (Lipinski definition) is 2. The fourth-order valence-corrected chi connectivity index (χ4v) is 3.36. The molecule has 3 rings (SSSR count). The SMILES string of the molecule is CC1(CNc2nc(CCCN3CCCC3=O)cc(=O)[nH]2)CCCO1. The highest BCUT2D eigenvalue weighted by molar-refractivity contribution is 5.77. The molecule has 2 saturated heterocycles. The monoisotopic (exact) mass is 334 g/mol. The number of aromatic amines is 1. The highest BCUT2D eigenvalue weighted by Gasteiger charge is 2.29. The topological polar surface area (TPSA) is 87.3 Å². The first-order chi connectivity index (χ1) is 11.5. The molecular weight excluding hydrogens is 308 g/mol. The number of aryl methyl sites for hydroxylation is 1. The smallest absolute Gasteiger partial charge is 0.252 e. The Morgan fingerprint density at radius 1 is 1.42 bits per heavy atom. The fourth-order valence-electron chi connectivity index (χ4n) is 3.36. The number of hydrogen-bond acceptors (Lipinski definition) is 5. The zero-order valence-electron chi connectivity index (χ0n) is 14.3. The molecule has 0 spiro atoms. The van der Waals surface area contributed by atoms with Crippen molar-refractivity contribution >= 4 is 11.9 Å². The summed E-state index contributed by atoms with van der Waals surface area (Å²) >= 11 is 0. The van der Waals surface area contributed by atoms with Crippen LogP contribution in [-0.2, 0) is 16.0 Å². The molecular formula is C17H26N4O3. The van der Waals surface area contributed by atoms with Crippen LogP contribution in [-0.4, -0.2) is 52.6 Å². The summed E-state index contributed by atoms with van der Waals surface area (Å²) < 4.78 is 5.73. The van der Waals surface area contributed by atoms with Crippen LogP contribution >= 0.6 is 0 Å². The summed E-state index contributed by atoms with van der Waals surface area (Å²) in [6.45, 7) is 5.08. The Morgan fingerprint density at radius 2 is 2.29 bits per heavy atom. The van der Waals surface area contributed by atoms with Crippen LogP contribution in [0.25, 0.3) is 0 Å². The molecule has 132 valence electrons. The number of nitrogens with zero attached hydrogens (tertiary/aromatic N) is 2. The predicted octanol–water partition coefficient (Wildman–Crippen LogP) is 1.31. The van der Waals surface area contributed by atoms with Crippen LogP contribution in [0.3, 0.4) is 0 Å². The third-order valence-corrected chi connectivity index (χ3v) is 4.76. The second-order valence-electron chi connectivity index (χ2n) is 6.93. The van der Waals surface area contributed by atoms with E-state index >= 15 is 0 Å². The van der Waals surface area contributed by atoms with E-state index in [2.05, 4.69) is 22.2 Å². The van der Waals surface area contributed by atoms with Gasteiger partial charge in [0.15, 0.2) is 0 Å². The van der Waals surface area contributed by atoms with Gasteiger partial charge in [-0.3, -0.25) is 14.6 Å². The minimum atomic E-state index is -0.190. The van der Waals surface area contributed by atoms with E-state index in [9.17, 15) is 9.59 Å². The normalized spacial score (nSPS) is 23.9. The molecule has 1 unspecified atom stereocenters. The first-order valence-electron chi connectivity index (χ1n) is 8.80. The van der Waals surface area contributed by atoms with Crippen LogP contribution in [0.4, 0.5) is 5.95 Å². The van der Waals surface area contributed by atoms with Crippen molar-refractivity contribution in [3.05, 3.63) is 22.1 Å². The number of nitrogens with one attached hydrogen (secondary N) is 2. The van der Waals surface area contributed by atoms with E-state index in [4.69, 9.17) is 4.74 Å². The molecule has 2 N–H and O–H groups in total. The molecule has 0 radical (unpaired) electrons. The van der Waals surface area contributed by atoms with E-state index in [1.807, 2.05) is 4.90 Å². The van der Waals surface area contributed by atoms with E-state index in [1.54, 1.807) is 0 Å². The first kappa shape index (κ1) is 17.0. The summed E-state index contributed by atoms with van der Waals surface area (Å²) in [5.41, 5.74) is 0.410. The lowest BCUT2D eigenvalue weighted by atomic mass is 10.0. The first-order valence-corrected chi connectivity index (χ1v) is 8.80. The van der Waals surface area contributed by atoms with Crippen molar-refractivity contribution < 1.29 is 9.53 Å². The van der Waals surface area contributed by atoms with Gasteiger partial charge in [0.1, 0.15) is 0 Å². The van der Waals surface area contributed by atoms with E-state index in [0.29, 0.717) is 25.3 Å². The Balaban J connectivity index is 1.53. The fraction of sp³-hybridized carbons (Fsp3) is 0.706. The zero-order valence-corrected chi connectivity index (χ0v) is 14.3. The van der Waals surface area contributed by atoms with Crippen molar-refractivity contribution in [2.45, 2.75) is 51.0 Å². The number of rotatable bonds is 7. The standard InChI is InChI=1S/C17H26N4O3/c1-17(7-4-10-24-17)12-18-16-19-13(11-14(22)20-16)5-2-8-21-9-3-6-15(21)23/h11H,2-10,12H2,1H3,(H2,18,19,20,22). The molecule has 0 aliphatic carbocycles. The lowest BCUT2D eigenvalue weighted by Crippen LogP contribution is -2.33. The van der Waals surface area contributed by atoms with E-state index in [0.717, 1.165) is 51.1 Å². The van der Waals surface area contributed by atoms with E-state index < -0.39 is 0 Å². The Labute approximate surface area is 141 Å². The quantitative estimate of drug-likeness (QED) is 0.785. The second kappa shape index (κ2) is 7.34. The number of likely N-dealkylation sites (tertiary alicyclic amines) is 1. The summed E-state index contributed by atoms with van der Waals surface area (Å²) in [6, 6.07) is 1.53. The summed E-state index contributed by atoms with van der Waals surface area (Å²) in [6.07, 6.45) is 5.21. The predicted molar refractivity (Wildman–Crippen MR) is 91.1 cm³/mol. The largest absolute Gasteiger partial charge is 0.373 e. The van der Waals surface area contributed by atoms with Gasteiger partial charge in [-0.1, -0.05) is 0 Å². The molecule has 0 aromatic carbocycles. The van der Waals surface area contributed by atoms with Gasteiger partial charge < -0.3 is 15.0 Å². The van der Waals surface area contributed by atoms with Gasteiger partial charge in [-0.25, -0.2) is 4.98 Å². The Kier molecular flexibility index (Phi) is 5.18. The molecule has 3 heterocycles. The molecule has 2 aliphatic heterocycles. The maximum absolute atomic E-state index is 11.8. The minimum absolute atomic E-state index is 0.155. The van der Waals surface area contributed by atoms with Gasteiger partial charge in [-0.15, -0.1) is 0 Å². The summed E-state index contributed by atoms with van der Waals surface area (Å²) in [5, 5.41) is 3.19. The lowest BCUT2D eigenvalue weighted by molar-refractivity contribution is -0.127. The number of ether oxygens (including phenoxy) is 1. The van der Waals surface area contributed by atoms with Crippen molar-refractivity contribution in [2.24, 2.45) is 0 Å². The van der Waals surface area contributed by atoms with Crippen molar-refractivity contribution in [3.8, 4) is 0 Å². The molecule has 1 amide bonds. The van der Waals surface area contributed by atoms with Gasteiger partial charge in [-0.05, 0) is 39.0 Å². The number of anilines is 1. The molecule has 7 heteroatoms. The molecule has 24 heavy (non-hydrogen) atoms. The van der Waals surface area contributed by atoms with Crippen molar-refractivity contribution in [1.82, 2.24) is 14.9 Å². The average molecular weight is 334 g/mol. The average Bonchev–Trinajstić information content (AvgIpc) is 3.15. The number of carbonyl (C=O) groups is 1. The summed E-state index contributed by atoms with van der Waals surface area (Å²) in [4.78, 5) is 32.5. The van der Waals surface area contributed by atoms with E-state index in [-0.39, 0.29) is 17.1 Å². The zero-order chi connectivity index (χ0) is 17.0. The van der Waals surface area contributed by atoms with Crippen LogP contribution in [0.15, 0.2) is 10.9 Å². The van der Waals surface area contributed by atoms with Crippen LogP contribution in [0.5, 0.6) is 0 Å². The Morgan fingerprint density at radius 3 is 3.00 bits per heavy atom. The molecule has 2 fully saturated rings. The van der Waals surface area contributed by atoms with Crippen molar-refractivity contribution in [3.63, 3.8) is 0 Å². The number of aromatic nitrogens is 2. The Bertz CT molecular complexity index is 637. The second-order valence-corrected chi connectivity index (χ2v) is 6.93. The lowest BCUT2D eigenvalue weighted by Gasteiger charge is -2.23. The molecule has 1 aromatic rings. The third kappa shape index (κ3) is 4.35. The third-order valence-electron chi connectivity index (χ3n) is 4.76. The van der Waals surface area contributed by atoms with Gasteiger partial charge in [0.2, 0.25) is 11.9 Å². The molecule has 0 saturated carbocycles. The summed E-state index contributed by atoms with van der Waals surface area (Å²) in [7, 11) is 0. The highest BCUT2D eigenvalue weighted by atomic mass is 16.5. The molecule has 7 nitrogen and oxygen atoms in total. The van der Waals surface area contributed by atoms with Crippen molar-refractivity contribution in [1.29, 1.82) is 0 Å². The van der Waals surface area contributed by atoms with Gasteiger partial charge >= 0.3 is 0 Å². The number of amides is 1. The van der Waals surface area contributed by atoms with Crippen LogP contribution in [0.1, 0.15) is 44.7 Å². The molecule has 0 bridgehead atoms. The van der Waals surface area contributed by atoms with Crippen molar-refractivity contribution in [2.75, 3.05) is 31.6 Å². The maximum atomic E-state index is 11.8. The van der Waals surface area contributed by atoms with Crippen LogP contribution in [0.2, 0.25) is 0 Å². The number of H-pyrrole nitrogens is 1. The molecule has 1 atom stereocenters. The van der Waals surface area contributed by atoms with Gasteiger partial charge in [-0.2, -0.15) is 0 Å². The minimum Gasteiger partial charge on any atom is -0.373 e. The Hall–Kier alpha value is -1.89. The molecule has 1 aromatic heterocycles. The molecule has 2 aliphatic rings. The summed E-state index contributed by atoms with van der Waals surface area (Å²) in [5.74, 6) is 0.729. The van der Waals surface area contributed by atoms with E-state index in [1.165, 1.54) is 6.07 Å².